The van der Waals surface area contributed by atoms with Crippen LogP contribution in [0.5, 0.6) is 0 Å². The lowest BCUT2D eigenvalue weighted by Crippen LogP contribution is -2.50. The molecule has 1 N–H and O–H groups in total. The number of carbonyl (C=O) groups excluding carboxylic acids is 2. The molecule has 2 fully saturated rings. The first-order valence-corrected chi connectivity index (χ1v) is 12.1. The van der Waals surface area contributed by atoms with Crippen molar-refractivity contribution in [1.29, 1.82) is 0 Å². The van der Waals surface area contributed by atoms with Crippen LogP contribution in [0.4, 0.5) is 9.18 Å². The molecule has 0 unspecified atom stereocenters. The highest BCUT2D eigenvalue weighted by atomic mass is 32.1. The third-order valence-corrected chi connectivity index (χ3v) is 6.91. The van der Waals surface area contributed by atoms with Crippen LogP contribution in [0.25, 0.3) is 0 Å². The average Bonchev–Trinajstić information content (AvgIpc) is 3.49. The topological polar surface area (TPSA) is 52.7 Å². The molecule has 0 radical (unpaired) electrons. The summed E-state index contributed by atoms with van der Waals surface area (Å²) < 4.78 is 13.3. The number of amides is 3. The summed E-state index contributed by atoms with van der Waals surface area (Å²) in [4.78, 5) is 30.9. The molecule has 2 aliphatic carbocycles. The molecule has 0 saturated heterocycles. The molecule has 0 aliphatic heterocycles. The summed E-state index contributed by atoms with van der Waals surface area (Å²) in [6.07, 6.45) is 7.49. The minimum absolute atomic E-state index is 0.0792. The number of rotatable bonds is 8. The Kier molecular flexibility index (Phi) is 7.22. The van der Waals surface area contributed by atoms with E-state index in [0.29, 0.717) is 13.1 Å². The van der Waals surface area contributed by atoms with Crippen LogP contribution >= 0.6 is 11.3 Å². The van der Waals surface area contributed by atoms with Gasteiger partial charge in [-0.15, -0.1) is 11.3 Å². The molecule has 2 aromatic rings. The number of hydrogen-bond acceptors (Lipinski definition) is 3. The second-order valence-corrected chi connectivity index (χ2v) is 9.63. The highest BCUT2D eigenvalue weighted by molar-refractivity contribution is 7.09. The monoisotopic (exact) mass is 443 g/mol. The van der Waals surface area contributed by atoms with Gasteiger partial charge in [0.2, 0.25) is 5.91 Å². The number of nitrogens with one attached hydrogen (secondary N) is 1. The van der Waals surface area contributed by atoms with Crippen LogP contribution in [0, 0.1) is 5.82 Å². The molecular formula is C24H30FN3O2S. The van der Waals surface area contributed by atoms with Gasteiger partial charge in [0.15, 0.2) is 0 Å². The van der Waals surface area contributed by atoms with E-state index in [-0.39, 0.29) is 36.4 Å². The lowest BCUT2D eigenvalue weighted by atomic mass is 9.96. The second-order valence-electron chi connectivity index (χ2n) is 8.60. The van der Waals surface area contributed by atoms with Gasteiger partial charge in [0, 0.05) is 23.5 Å². The van der Waals surface area contributed by atoms with Crippen LogP contribution < -0.4 is 5.32 Å². The summed E-state index contributed by atoms with van der Waals surface area (Å²) in [7, 11) is 0. The van der Waals surface area contributed by atoms with Crippen molar-refractivity contribution in [2.45, 2.75) is 70.1 Å². The summed E-state index contributed by atoms with van der Waals surface area (Å²) in [5.74, 6) is -0.373. The Morgan fingerprint density at radius 2 is 1.74 bits per heavy atom. The Morgan fingerprint density at radius 3 is 2.39 bits per heavy atom. The van der Waals surface area contributed by atoms with E-state index in [4.69, 9.17) is 0 Å². The first-order chi connectivity index (χ1) is 15.1. The Labute approximate surface area is 187 Å². The highest BCUT2D eigenvalue weighted by Crippen LogP contribution is 2.28. The van der Waals surface area contributed by atoms with E-state index in [1.807, 2.05) is 17.5 Å². The first-order valence-electron chi connectivity index (χ1n) is 11.2. The van der Waals surface area contributed by atoms with Crippen molar-refractivity contribution in [3.8, 4) is 0 Å². The Bertz CT molecular complexity index is 861. The van der Waals surface area contributed by atoms with Crippen LogP contribution in [-0.4, -0.2) is 40.4 Å². The van der Waals surface area contributed by atoms with Crippen molar-refractivity contribution in [3.63, 3.8) is 0 Å². The van der Waals surface area contributed by atoms with Crippen LogP contribution in [0.3, 0.4) is 0 Å². The van der Waals surface area contributed by atoms with Gasteiger partial charge in [0.25, 0.3) is 0 Å². The molecule has 1 heterocycles. The molecule has 0 bridgehead atoms. The molecule has 2 aliphatic rings. The number of hydrogen-bond donors (Lipinski definition) is 1. The van der Waals surface area contributed by atoms with E-state index in [0.717, 1.165) is 49.0 Å². The molecule has 3 amide bonds. The number of urea groups is 1. The van der Waals surface area contributed by atoms with Gasteiger partial charge in [-0.1, -0.05) is 37.5 Å². The molecule has 5 nitrogen and oxygen atoms in total. The molecule has 0 spiro atoms. The Balaban J connectivity index is 1.43. The van der Waals surface area contributed by atoms with E-state index >= 15 is 0 Å². The summed E-state index contributed by atoms with van der Waals surface area (Å²) in [5, 5.41) is 5.15. The molecule has 31 heavy (non-hydrogen) atoms. The average molecular weight is 444 g/mol. The third kappa shape index (κ3) is 6.29. The van der Waals surface area contributed by atoms with Crippen molar-refractivity contribution in [1.82, 2.24) is 15.1 Å². The summed E-state index contributed by atoms with van der Waals surface area (Å²) >= 11 is 1.60. The van der Waals surface area contributed by atoms with Crippen molar-refractivity contribution in [2.75, 3.05) is 6.54 Å². The summed E-state index contributed by atoms with van der Waals surface area (Å²) in [5.41, 5.74) is 0.871. The van der Waals surface area contributed by atoms with Gasteiger partial charge in [-0.3, -0.25) is 4.79 Å². The maximum Gasteiger partial charge on any atom is 0.318 e. The van der Waals surface area contributed by atoms with E-state index in [1.165, 1.54) is 18.6 Å². The molecule has 0 atom stereocenters. The lowest BCUT2D eigenvalue weighted by molar-refractivity contribution is -0.133. The van der Waals surface area contributed by atoms with E-state index in [9.17, 15) is 14.0 Å². The second kappa shape index (κ2) is 10.3. The first kappa shape index (κ1) is 21.8. The van der Waals surface area contributed by atoms with Crippen molar-refractivity contribution >= 4 is 23.3 Å². The van der Waals surface area contributed by atoms with E-state index in [2.05, 4.69) is 5.32 Å². The van der Waals surface area contributed by atoms with Gasteiger partial charge < -0.3 is 15.1 Å². The zero-order chi connectivity index (χ0) is 21.6. The summed E-state index contributed by atoms with van der Waals surface area (Å²) in [6.45, 7) is 0.951. The summed E-state index contributed by atoms with van der Waals surface area (Å²) in [6, 6.07) is 10.5. The standard InChI is InChI=1S/C24H30FN3O2S/c25-19-10-8-18(9-11-19)15-27(16-22-7-4-14-31-22)23(29)17-28(21-12-13-21)24(30)26-20-5-2-1-3-6-20/h4,7-11,14,20-21H,1-3,5-6,12-13,15-17H2,(H,26,30). The number of benzene rings is 1. The van der Waals surface area contributed by atoms with Crippen molar-refractivity contribution in [3.05, 3.63) is 58.0 Å². The SMILES string of the molecule is O=C(CN(C(=O)NC1CCCCC1)C1CC1)N(Cc1ccc(F)cc1)Cc1cccs1. The van der Waals surface area contributed by atoms with Gasteiger partial charge in [0.1, 0.15) is 12.4 Å². The van der Waals surface area contributed by atoms with Crippen LogP contribution in [0.1, 0.15) is 55.4 Å². The lowest BCUT2D eigenvalue weighted by Gasteiger charge is -2.30. The van der Waals surface area contributed by atoms with Crippen molar-refractivity contribution < 1.29 is 14.0 Å². The normalized spacial score (nSPS) is 16.7. The fraction of sp³-hybridized carbons (Fsp3) is 0.500. The molecule has 166 valence electrons. The van der Waals surface area contributed by atoms with Crippen LogP contribution in [0.15, 0.2) is 41.8 Å². The van der Waals surface area contributed by atoms with Gasteiger partial charge in [-0.25, -0.2) is 9.18 Å². The van der Waals surface area contributed by atoms with E-state index in [1.54, 1.807) is 33.3 Å². The van der Waals surface area contributed by atoms with Gasteiger partial charge in [-0.05, 0) is 54.8 Å². The molecule has 2 saturated carbocycles. The fourth-order valence-electron chi connectivity index (χ4n) is 4.14. The van der Waals surface area contributed by atoms with Gasteiger partial charge in [0.05, 0.1) is 6.54 Å². The highest BCUT2D eigenvalue weighted by Gasteiger charge is 2.35. The maximum atomic E-state index is 13.3. The zero-order valence-electron chi connectivity index (χ0n) is 17.8. The van der Waals surface area contributed by atoms with Crippen LogP contribution in [0.2, 0.25) is 0 Å². The predicted molar refractivity (Wildman–Crippen MR) is 120 cm³/mol. The van der Waals surface area contributed by atoms with E-state index < -0.39 is 0 Å². The van der Waals surface area contributed by atoms with Crippen LogP contribution in [-0.2, 0) is 17.9 Å². The molecule has 1 aromatic heterocycles. The zero-order valence-corrected chi connectivity index (χ0v) is 18.6. The smallest absolute Gasteiger partial charge is 0.318 e. The molecule has 7 heteroatoms. The predicted octanol–water partition coefficient (Wildman–Crippen LogP) is 4.92. The van der Waals surface area contributed by atoms with Gasteiger partial charge in [-0.2, -0.15) is 0 Å². The molecule has 4 rings (SSSR count). The third-order valence-electron chi connectivity index (χ3n) is 6.05. The Hall–Kier alpha value is -2.41. The largest absolute Gasteiger partial charge is 0.335 e. The number of thiophene rings is 1. The number of nitrogens with zero attached hydrogens (tertiary/aromatic N) is 2. The number of carbonyl (C=O) groups is 2. The van der Waals surface area contributed by atoms with Crippen molar-refractivity contribution in [2.24, 2.45) is 0 Å². The quantitative estimate of drug-likeness (QED) is 0.629. The maximum absolute atomic E-state index is 13.3. The minimum Gasteiger partial charge on any atom is -0.335 e. The fourth-order valence-corrected chi connectivity index (χ4v) is 4.86. The Morgan fingerprint density at radius 1 is 1.00 bits per heavy atom. The van der Waals surface area contributed by atoms with Gasteiger partial charge >= 0.3 is 6.03 Å². The molecular weight excluding hydrogens is 413 g/mol. The molecule has 1 aromatic carbocycles. The number of halogens is 1. The minimum atomic E-state index is -0.292.